The van der Waals surface area contributed by atoms with Gasteiger partial charge in [-0.3, -0.25) is 25.0 Å². The lowest BCUT2D eigenvalue weighted by Gasteiger charge is -2.33. The fourth-order valence-electron chi connectivity index (χ4n) is 6.47. The smallest absolute Gasteiger partial charge is 0.410 e. The lowest BCUT2D eigenvalue weighted by Crippen LogP contribution is -2.48. The van der Waals surface area contributed by atoms with Crippen molar-refractivity contribution in [2.24, 2.45) is 4.99 Å². The number of phenols is 1. The summed E-state index contributed by atoms with van der Waals surface area (Å²) in [5.41, 5.74) is 7.19. The maximum absolute atomic E-state index is 12.7. The molecule has 2 saturated heterocycles. The minimum Gasteiger partial charge on any atom is -0.507 e. The van der Waals surface area contributed by atoms with E-state index in [-0.39, 0.29) is 18.6 Å². The molecule has 276 valence electrons. The average molecular weight is 695 g/mol. The number of carbonyl (C=O) groups excluding carboxylic acids is 3. The highest BCUT2D eigenvalue weighted by Crippen LogP contribution is 2.22. The second kappa shape index (κ2) is 21.8. The van der Waals surface area contributed by atoms with Crippen LogP contribution in [0.4, 0.5) is 4.79 Å². The topological polar surface area (TPSA) is 136 Å². The quantitative estimate of drug-likeness (QED) is 0.0940. The number of aryl methyl sites for hydroxylation is 3. The van der Waals surface area contributed by atoms with Crippen molar-refractivity contribution in [1.82, 2.24) is 25.6 Å². The van der Waals surface area contributed by atoms with Crippen molar-refractivity contribution < 1.29 is 29.0 Å². The van der Waals surface area contributed by atoms with Crippen LogP contribution in [0.25, 0.3) is 0 Å². The summed E-state index contributed by atoms with van der Waals surface area (Å²) in [6.45, 7) is 12.7. The molecule has 50 heavy (non-hydrogen) atoms. The summed E-state index contributed by atoms with van der Waals surface area (Å²) in [4.78, 5) is 45.3. The van der Waals surface area contributed by atoms with Gasteiger partial charge in [0.2, 0.25) is 6.41 Å². The van der Waals surface area contributed by atoms with E-state index >= 15 is 0 Å². The Kier molecular flexibility index (Phi) is 17.6. The number of carbonyl (C=O) groups is 3. The Balaban J connectivity index is 0.000000578. The first-order valence-corrected chi connectivity index (χ1v) is 17.9. The number of aliphatic imine (C=N–C) groups is 1. The Labute approximate surface area is 298 Å². The Hall–Kier alpha value is -4.16. The molecule has 0 bridgehead atoms. The number of nitrogens with one attached hydrogen (secondary N) is 2. The van der Waals surface area contributed by atoms with Gasteiger partial charge in [-0.15, -0.1) is 0 Å². The number of hydrogen-bond acceptors (Lipinski definition) is 8. The molecule has 1 unspecified atom stereocenters. The molecule has 0 spiro atoms. The summed E-state index contributed by atoms with van der Waals surface area (Å²) in [5.74, 6) is 0.741. The predicted molar refractivity (Wildman–Crippen MR) is 197 cm³/mol. The summed E-state index contributed by atoms with van der Waals surface area (Å²) < 4.78 is 10.8. The summed E-state index contributed by atoms with van der Waals surface area (Å²) >= 11 is 0. The van der Waals surface area contributed by atoms with Gasteiger partial charge in [0.25, 0.3) is 5.91 Å². The van der Waals surface area contributed by atoms with Gasteiger partial charge in [0.05, 0.1) is 6.04 Å². The molecule has 3 N–H and O–H groups in total. The molecule has 0 radical (unpaired) electrons. The molecule has 1 aromatic carbocycles. The molecule has 1 aromatic rings. The zero-order valence-electron chi connectivity index (χ0n) is 30.7. The molecule has 1 aliphatic carbocycles. The largest absolute Gasteiger partial charge is 0.507 e. The third kappa shape index (κ3) is 13.3. The van der Waals surface area contributed by atoms with E-state index in [1.807, 2.05) is 63.3 Å². The predicted octanol–water partition coefficient (Wildman–Crippen LogP) is 4.74. The lowest BCUT2D eigenvalue weighted by molar-refractivity contribution is -0.124. The van der Waals surface area contributed by atoms with Crippen molar-refractivity contribution >= 4 is 24.2 Å². The molecule has 1 atom stereocenters. The molecule has 0 saturated carbocycles. The fraction of sp³-hybridized carbons (Fsp3) is 0.579. The molecular formula is C38H58N6O6. The molecule has 0 aromatic heterocycles. The summed E-state index contributed by atoms with van der Waals surface area (Å²) in [6.07, 6.45) is 16.0. The van der Waals surface area contributed by atoms with Crippen molar-refractivity contribution in [2.75, 3.05) is 59.6 Å². The highest BCUT2D eigenvalue weighted by Gasteiger charge is 2.26. The number of allylic oxidation sites excluding steroid dienone is 4. The summed E-state index contributed by atoms with van der Waals surface area (Å²) in [6, 6.07) is 4.39. The van der Waals surface area contributed by atoms with Crippen molar-refractivity contribution in [1.29, 1.82) is 0 Å². The van der Waals surface area contributed by atoms with E-state index in [0.29, 0.717) is 50.1 Å². The minimum atomic E-state index is -0.504. The Bertz CT molecular complexity index is 1350. The van der Waals surface area contributed by atoms with E-state index in [9.17, 15) is 19.5 Å². The first kappa shape index (κ1) is 40.3. The number of nitrogens with zero attached hydrogens (tertiary/aromatic N) is 4. The second-order valence-corrected chi connectivity index (χ2v) is 12.9. The van der Waals surface area contributed by atoms with E-state index in [1.54, 1.807) is 17.0 Å². The van der Waals surface area contributed by atoms with Gasteiger partial charge in [0, 0.05) is 58.1 Å². The van der Waals surface area contributed by atoms with Crippen molar-refractivity contribution in [3.8, 4) is 5.75 Å². The Morgan fingerprint density at radius 1 is 1.08 bits per heavy atom. The molecule has 2 aliphatic heterocycles. The highest BCUT2D eigenvalue weighted by atomic mass is 16.6. The number of amidine groups is 1. The first-order valence-electron chi connectivity index (χ1n) is 17.9. The zero-order chi connectivity index (χ0) is 36.3. The van der Waals surface area contributed by atoms with Crippen LogP contribution in [0, 0.1) is 20.8 Å². The van der Waals surface area contributed by atoms with E-state index in [2.05, 4.69) is 27.6 Å². The van der Waals surface area contributed by atoms with Gasteiger partial charge in [0.1, 0.15) is 11.6 Å². The molecule has 3 amide bonds. The number of amides is 3. The van der Waals surface area contributed by atoms with Crippen LogP contribution in [0.5, 0.6) is 5.75 Å². The Morgan fingerprint density at radius 2 is 1.82 bits per heavy atom. The van der Waals surface area contributed by atoms with Crippen LogP contribution in [0.2, 0.25) is 0 Å². The molecule has 12 nitrogen and oxygen atoms in total. The van der Waals surface area contributed by atoms with E-state index in [0.717, 1.165) is 81.5 Å². The summed E-state index contributed by atoms with van der Waals surface area (Å²) in [7, 11) is 1.69. The number of likely N-dealkylation sites (tertiary alicyclic amines) is 1. The van der Waals surface area contributed by atoms with E-state index < -0.39 is 6.09 Å². The van der Waals surface area contributed by atoms with Gasteiger partial charge in [-0.1, -0.05) is 55.0 Å². The third-order valence-corrected chi connectivity index (χ3v) is 9.21. The van der Waals surface area contributed by atoms with Crippen LogP contribution in [-0.4, -0.2) is 116 Å². The maximum Gasteiger partial charge on any atom is 0.410 e. The highest BCUT2D eigenvalue weighted by molar-refractivity contribution is 6.01. The zero-order valence-corrected chi connectivity index (χ0v) is 30.7. The van der Waals surface area contributed by atoms with Gasteiger partial charge in [-0.2, -0.15) is 0 Å². The molecule has 2 heterocycles. The van der Waals surface area contributed by atoms with Crippen LogP contribution in [0.15, 0.2) is 53.1 Å². The van der Waals surface area contributed by atoms with Crippen LogP contribution in [-0.2, 0) is 19.1 Å². The van der Waals surface area contributed by atoms with Crippen LogP contribution in [0.1, 0.15) is 68.6 Å². The number of ether oxygens (including phenoxy) is 2. The molecule has 12 heteroatoms. The van der Waals surface area contributed by atoms with Gasteiger partial charge >= 0.3 is 6.09 Å². The van der Waals surface area contributed by atoms with Gasteiger partial charge in [-0.05, 0) is 83.4 Å². The lowest BCUT2D eigenvalue weighted by atomic mass is 10.1. The second-order valence-electron chi connectivity index (χ2n) is 12.9. The van der Waals surface area contributed by atoms with Crippen LogP contribution in [0.3, 0.4) is 0 Å². The molecule has 3 aliphatic rings. The Morgan fingerprint density at radius 3 is 2.50 bits per heavy atom. The standard InChI is InChI=1S/C29H46N6O5.C9H12O/c1-3-33(25-14-20-39-21-15-25)18-9-16-31-27(37)22-40-29(38)34-17-8-12-26(13-19-34)35(23-36)32-28(30-2)24-10-6-4-5-7-11-24;1-6-4-7(2)9(10)8(3)5-6/h4-6,10-11,23,25-26H,3,7-9,12-22H2,1-2H3,(H,30,32)(H,31,37);4-5,10H,1-3H3. The van der Waals surface area contributed by atoms with Gasteiger partial charge < -0.3 is 29.7 Å². The van der Waals surface area contributed by atoms with Crippen LogP contribution < -0.4 is 10.7 Å². The third-order valence-electron chi connectivity index (χ3n) is 9.21. The molecular weight excluding hydrogens is 636 g/mol. The fourth-order valence-corrected chi connectivity index (χ4v) is 6.47. The normalized spacial score (nSPS) is 18.3. The van der Waals surface area contributed by atoms with Crippen LogP contribution >= 0.6 is 0 Å². The number of aromatic hydroxyl groups is 1. The van der Waals surface area contributed by atoms with Gasteiger partial charge in [0.15, 0.2) is 6.61 Å². The monoisotopic (exact) mass is 694 g/mol. The number of rotatable bonds is 12. The van der Waals surface area contributed by atoms with Crippen molar-refractivity contribution in [2.45, 2.75) is 84.7 Å². The maximum atomic E-state index is 12.7. The first-order chi connectivity index (χ1) is 24.2. The van der Waals surface area contributed by atoms with Crippen molar-refractivity contribution in [3.05, 3.63) is 64.8 Å². The number of hydrazine groups is 1. The number of hydrogen-bond donors (Lipinski definition) is 3. The molecule has 2 fully saturated rings. The number of phenolic OH excluding ortho intramolecular Hbond substituents is 1. The summed E-state index contributed by atoms with van der Waals surface area (Å²) in [5, 5.41) is 13.7. The molecule has 4 rings (SSSR count). The van der Waals surface area contributed by atoms with E-state index in [1.165, 1.54) is 5.56 Å². The minimum absolute atomic E-state index is 0.104. The average Bonchev–Trinajstić information content (AvgIpc) is 3.55. The SMILES string of the molecule is CCN(CCCNC(=O)COC(=O)N1CCCC(N(C=O)NC(=NC)C2=CCC=CC=C2)CC1)C1CCOCC1.Cc1cc(C)c(O)c(C)c1. The van der Waals surface area contributed by atoms with Crippen molar-refractivity contribution in [3.63, 3.8) is 0 Å². The van der Waals surface area contributed by atoms with E-state index in [4.69, 9.17) is 9.47 Å². The van der Waals surface area contributed by atoms with Gasteiger partial charge in [-0.25, -0.2) is 4.79 Å². The number of benzene rings is 1.